The number of aromatic nitrogens is 2. The Balaban J connectivity index is 1.92. The Morgan fingerprint density at radius 1 is 1.38 bits per heavy atom. The molecule has 0 atom stereocenters. The standard InChI is InChI=1S/C13H20N4O2S2/c1-10(2)14-6-5-11-3-4-13(20-11)21(18,19)17-9-12-15-7-8-16-12/h3-4,7-8,10,14,17H,5-6,9H2,1-2H3,(H,15,16). The molecule has 3 N–H and O–H groups in total. The number of nitrogens with one attached hydrogen (secondary N) is 3. The first-order valence-electron chi connectivity index (χ1n) is 6.77. The summed E-state index contributed by atoms with van der Waals surface area (Å²) in [4.78, 5) is 7.91. The monoisotopic (exact) mass is 328 g/mol. The van der Waals surface area contributed by atoms with Crippen LogP contribution in [0.2, 0.25) is 0 Å². The fraction of sp³-hybridized carbons (Fsp3) is 0.462. The van der Waals surface area contributed by atoms with Crippen LogP contribution >= 0.6 is 11.3 Å². The van der Waals surface area contributed by atoms with E-state index in [1.165, 1.54) is 11.3 Å². The second-order valence-corrected chi connectivity index (χ2v) is 8.10. The van der Waals surface area contributed by atoms with Crippen LogP contribution in [0.5, 0.6) is 0 Å². The van der Waals surface area contributed by atoms with Crippen LogP contribution in [0.15, 0.2) is 28.7 Å². The van der Waals surface area contributed by atoms with Crippen LogP contribution in [-0.2, 0) is 23.0 Å². The number of sulfonamides is 1. The first-order valence-corrected chi connectivity index (χ1v) is 9.07. The molecule has 0 radical (unpaired) electrons. The molecule has 0 saturated carbocycles. The Kier molecular flexibility index (Phi) is 5.51. The van der Waals surface area contributed by atoms with Crippen LogP contribution in [0, 0.1) is 0 Å². The van der Waals surface area contributed by atoms with E-state index < -0.39 is 10.0 Å². The van der Waals surface area contributed by atoms with Gasteiger partial charge in [0.05, 0.1) is 6.54 Å². The smallest absolute Gasteiger partial charge is 0.250 e. The minimum absolute atomic E-state index is 0.164. The van der Waals surface area contributed by atoms with Crippen LogP contribution in [-0.4, -0.2) is 31.0 Å². The quantitative estimate of drug-likeness (QED) is 0.685. The Morgan fingerprint density at radius 2 is 2.19 bits per heavy atom. The van der Waals surface area contributed by atoms with Crippen molar-refractivity contribution in [1.29, 1.82) is 0 Å². The highest BCUT2D eigenvalue weighted by atomic mass is 32.2. The molecule has 0 aromatic carbocycles. The van der Waals surface area contributed by atoms with Gasteiger partial charge in [0.25, 0.3) is 0 Å². The Hall–Kier alpha value is -1.22. The molecule has 0 spiro atoms. The number of aromatic amines is 1. The fourth-order valence-corrected chi connectivity index (χ4v) is 4.14. The zero-order chi connectivity index (χ0) is 15.3. The van der Waals surface area contributed by atoms with Crippen molar-refractivity contribution >= 4 is 21.4 Å². The summed E-state index contributed by atoms with van der Waals surface area (Å²) in [6.07, 6.45) is 4.08. The number of hydrogen-bond donors (Lipinski definition) is 3. The van der Waals surface area contributed by atoms with Gasteiger partial charge in [-0.1, -0.05) is 13.8 Å². The van der Waals surface area contributed by atoms with Crippen molar-refractivity contribution in [3.63, 3.8) is 0 Å². The number of hydrogen-bond acceptors (Lipinski definition) is 5. The van der Waals surface area contributed by atoms with Gasteiger partial charge in [0.15, 0.2) is 0 Å². The second-order valence-electron chi connectivity index (χ2n) is 4.94. The maximum absolute atomic E-state index is 12.2. The first kappa shape index (κ1) is 16.2. The zero-order valence-electron chi connectivity index (χ0n) is 12.1. The largest absolute Gasteiger partial charge is 0.347 e. The van der Waals surface area contributed by atoms with Gasteiger partial charge >= 0.3 is 0 Å². The van der Waals surface area contributed by atoms with Gasteiger partial charge in [-0.05, 0) is 18.6 Å². The topological polar surface area (TPSA) is 86.9 Å². The van der Waals surface area contributed by atoms with Gasteiger partial charge in [0.2, 0.25) is 10.0 Å². The average molecular weight is 328 g/mol. The lowest BCUT2D eigenvalue weighted by Gasteiger charge is -2.06. The van der Waals surface area contributed by atoms with Crippen molar-refractivity contribution in [3.8, 4) is 0 Å². The molecular formula is C13H20N4O2S2. The SMILES string of the molecule is CC(C)NCCc1ccc(S(=O)(=O)NCc2ncc[nH]2)s1. The summed E-state index contributed by atoms with van der Waals surface area (Å²) >= 11 is 1.31. The molecule has 0 bridgehead atoms. The molecule has 0 saturated heterocycles. The van der Waals surface area contributed by atoms with Crippen molar-refractivity contribution in [3.05, 3.63) is 35.2 Å². The van der Waals surface area contributed by atoms with E-state index in [0.29, 0.717) is 16.1 Å². The summed E-state index contributed by atoms with van der Waals surface area (Å²) in [5, 5.41) is 3.31. The molecule has 0 fully saturated rings. The fourth-order valence-electron chi connectivity index (χ4n) is 1.75. The molecule has 6 nitrogen and oxygen atoms in total. The van der Waals surface area contributed by atoms with Crippen molar-refractivity contribution in [2.75, 3.05) is 6.54 Å². The Morgan fingerprint density at radius 3 is 2.86 bits per heavy atom. The average Bonchev–Trinajstić information content (AvgIpc) is 3.07. The van der Waals surface area contributed by atoms with Gasteiger partial charge in [-0.25, -0.2) is 18.1 Å². The van der Waals surface area contributed by atoms with E-state index in [-0.39, 0.29) is 6.54 Å². The van der Waals surface area contributed by atoms with E-state index in [9.17, 15) is 8.42 Å². The third kappa shape index (κ3) is 4.92. The van der Waals surface area contributed by atoms with Crippen LogP contribution in [0.4, 0.5) is 0 Å². The highest BCUT2D eigenvalue weighted by molar-refractivity contribution is 7.91. The van der Waals surface area contributed by atoms with Gasteiger partial charge in [-0.2, -0.15) is 0 Å². The molecule has 2 aromatic heterocycles. The lowest BCUT2D eigenvalue weighted by Crippen LogP contribution is -2.24. The molecule has 0 unspecified atom stereocenters. The molecule has 2 rings (SSSR count). The number of imidazole rings is 1. The number of nitrogens with zero attached hydrogens (tertiary/aromatic N) is 1. The van der Waals surface area contributed by atoms with Crippen molar-refractivity contribution in [2.45, 2.75) is 37.1 Å². The minimum Gasteiger partial charge on any atom is -0.347 e. The maximum Gasteiger partial charge on any atom is 0.250 e. The van der Waals surface area contributed by atoms with E-state index in [0.717, 1.165) is 17.8 Å². The lowest BCUT2D eigenvalue weighted by atomic mass is 10.3. The molecule has 0 amide bonds. The molecule has 2 heterocycles. The predicted molar refractivity (Wildman–Crippen MR) is 83.8 cm³/mol. The molecular weight excluding hydrogens is 308 g/mol. The lowest BCUT2D eigenvalue weighted by molar-refractivity contribution is 0.581. The maximum atomic E-state index is 12.2. The van der Waals surface area contributed by atoms with E-state index in [1.807, 2.05) is 6.07 Å². The summed E-state index contributed by atoms with van der Waals surface area (Å²) in [6, 6.07) is 3.96. The zero-order valence-corrected chi connectivity index (χ0v) is 13.7. The van der Waals surface area contributed by atoms with Gasteiger partial charge in [-0.15, -0.1) is 11.3 Å². The number of rotatable bonds is 8. The Bertz CT molecular complexity index is 648. The summed E-state index contributed by atoms with van der Waals surface area (Å²) in [5.41, 5.74) is 0. The van der Waals surface area contributed by atoms with E-state index in [4.69, 9.17) is 0 Å². The molecule has 8 heteroatoms. The minimum atomic E-state index is -3.47. The molecule has 0 aliphatic carbocycles. The highest BCUT2D eigenvalue weighted by Crippen LogP contribution is 2.21. The summed E-state index contributed by atoms with van der Waals surface area (Å²) in [5.74, 6) is 0.594. The summed E-state index contributed by atoms with van der Waals surface area (Å²) < 4.78 is 27.2. The van der Waals surface area contributed by atoms with Crippen molar-refractivity contribution in [1.82, 2.24) is 20.0 Å². The van der Waals surface area contributed by atoms with Crippen molar-refractivity contribution in [2.24, 2.45) is 0 Å². The van der Waals surface area contributed by atoms with Gasteiger partial charge in [0, 0.05) is 29.9 Å². The van der Waals surface area contributed by atoms with Gasteiger partial charge in [-0.3, -0.25) is 0 Å². The van der Waals surface area contributed by atoms with Crippen LogP contribution in [0.25, 0.3) is 0 Å². The third-order valence-corrected chi connectivity index (χ3v) is 5.85. The number of H-pyrrole nitrogens is 1. The normalized spacial score (nSPS) is 12.1. The van der Waals surface area contributed by atoms with E-state index >= 15 is 0 Å². The van der Waals surface area contributed by atoms with E-state index in [2.05, 4.69) is 33.9 Å². The third-order valence-electron chi connectivity index (χ3n) is 2.81. The molecule has 116 valence electrons. The summed E-state index contributed by atoms with van der Waals surface area (Å²) in [7, 11) is -3.47. The molecule has 0 aliphatic heterocycles. The van der Waals surface area contributed by atoms with Crippen molar-refractivity contribution < 1.29 is 8.42 Å². The molecule has 0 aliphatic rings. The van der Waals surface area contributed by atoms with Gasteiger partial charge < -0.3 is 10.3 Å². The highest BCUT2D eigenvalue weighted by Gasteiger charge is 2.16. The predicted octanol–water partition coefficient (Wildman–Crippen LogP) is 1.49. The van der Waals surface area contributed by atoms with Crippen LogP contribution in [0.1, 0.15) is 24.5 Å². The van der Waals surface area contributed by atoms with Crippen LogP contribution < -0.4 is 10.0 Å². The molecule has 2 aromatic rings. The first-order chi connectivity index (χ1) is 9.97. The summed E-state index contributed by atoms with van der Waals surface area (Å²) in [6.45, 7) is 5.18. The van der Waals surface area contributed by atoms with Crippen LogP contribution in [0.3, 0.4) is 0 Å². The molecule has 21 heavy (non-hydrogen) atoms. The Labute approximate surface area is 129 Å². The van der Waals surface area contributed by atoms with Gasteiger partial charge in [0.1, 0.15) is 10.0 Å². The van der Waals surface area contributed by atoms with E-state index in [1.54, 1.807) is 18.5 Å². The second kappa shape index (κ2) is 7.17. The number of thiophene rings is 1.